The summed E-state index contributed by atoms with van der Waals surface area (Å²) in [6, 6.07) is 7.79. The summed E-state index contributed by atoms with van der Waals surface area (Å²) in [5.41, 5.74) is 0.263. The fourth-order valence-corrected chi connectivity index (χ4v) is 5.83. The summed E-state index contributed by atoms with van der Waals surface area (Å²) in [5.74, 6) is -7.45. The van der Waals surface area contributed by atoms with E-state index in [1.807, 2.05) is 0 Å². The van der Waals surface area contributed by atoms with Crippen molar-refractivity contribution in [1.29, 1.82) is 0 Å². The van der Waals surface area contributed by atoms with Gasteiger partial charge in [0.1, 0.15) is 15.9 Å². The van der Waals surface area contributed by atoms with E-state index in [1.54, 1.807) is 0 Å². The van der Waals surface area contributed by atoms with Crippen molar-refractivity contribution in [2.75, 3.05) is 32.7 Å². The molecule has 3 rings (SSSR count). The van der Waals surface area contributed by atoms with Gasteiger partial charge in [0.05, 0.1) is 28.8 Å². The van der Waals surface area contributed by atoms with Gasteiger partial charge in [-0.15, -0.1) is 0 Å². The van der Waals surface area contributed by atoms with Gasteiger partial charge in [-0.25, -0.2) is 8.42 Å². The molecule has 1 N–H and O–H groups in total. The first kappa shape index (κ1) is 56.2. The van der Waals surface area contributed by atoms with Crippen LogP contribution in [-0.4, -0.2) is 90.3 Å². The number of hydrogen-bond donors (Lipinski definition) is 1. The van der Waals surface area contributed by atoms with Gasteiger partial charge in [-0.2, -0.15) is 0 Å². The minimum Gasteiger partial charge on any atom is -0.744 e. The minimum atomic E-state index is -5.13. The Morgan fingerprint density at radius 1 is 0.731 bits per heavy atom. The summed E-state index contributed by atoms with van der Waals surface area (Å²) < 4.78 is 37.1. The van der Waals surface area contributed by atoms with Crippen molar-refractivity contribution in [2.24, 2.45) is 0 Å². The number of carbonyl (C=O) groups excluding carboxylic acids is 5. The van der Waals surface area contributed by atoms with E-state index in [0.717, 1.165) is 15.9 Å². The van der Waals surface area contributed by atoms with Crippen molar-refractivity contribution in [3.8, 4) is 5.75 Å². The Bertz CT molecular complexity index is 1830. The van der Waals surface area contributed by atoms with Gasteiger partial charge in [-0.1, -0.05) is 18.2 Å². The first-order valence-electron chi connectivity index (χ1n) is 13.7. The largest absolute Gasteiger partial charge is 1.00 e. The number of aliphatic carboxylic acids is 4. The van der Waals surface area contributed by atoms with Gasteiger partial charge in [-0.3, -0.25) is 14.6 Å². The molecular formula is C31H27N2Na5O13S. The Labute approximate surface area is 410 Å². The zero-order valence-electron chi connectivity index (χ0n) is 30.0. The molecule has 15 nitrogen and oxygen atoms in total. The monoisotopic (exact) mass is 782 g/mol. The fourth-order valence-electron chi connectivity index (χ4n) is 5.14. The van der Waals surface area contributed by atoms with Crippen LogP contribution in [0.15, 0.2) is 70.2 Å². The number of rotatable bonds is 15. The van der Waals surface area contributed by atoms with E-state index in [-0.39, 0.29) is 198 Å². The SMILES string of the molecule is CC1=C/C(=C(\c2cc(C)c(O)c(CN(CC(=O)[O-])CC(=O)[O-])c2)c2ccccc2S(=O)(=O)[O-])C=C(CN(CC(=O)[O-])CC(=O)[O-])C1=O.[Na+].[Na+].[Na+].[Na+].[Na+]. The third-order valence-electron chi connectivity index (χ3n) is 6.93. The molecule has 0 radical (unpaired) electrons. The molecule has 0 saturated carbocycles. The zero-order chi connectivity index (χ0) is 35.2. The van der Waals surface area contributed by atoms with Gasteiger partial charge in [0, 0.05) is 56.0 Å². The number of Topliss-reactive ketones (excluding diaryl/α,β-unsaturated/α-hetero) is 1. The fraction of sp³-hybridized carbons (Fsp3) is 0.258. The Kier molecular flexibility index (Phi) is 27.2. The number of hydrogen-bond acceptors (Lipinski definition) is 15. The van der Waals surface area contributed by atoms with Crippen LogP contribution in [0.4, 0.5) is 0 Å². The number of ketones is 1. The number of aryl methyl sites for hydroxylation is 1. The quantitative estimate of drug-likeness (QED) is 0.130. The standard InChI is InChI=1S/C31H32N2O13S.5Na/c1-17-7-19(9-21(30(17)42)11-32(13-25(34)35)14-26(36)37)29(23-5-3-4-6-24(23)47(44,45)46)20-8-18(2)31(43)22(10-20)12-33(15-27(38)39)16-28(40)41;;;;;/h3-10,42H,11-16H2,1-2H3,(H,34,35)(H,36,37)(H,38,39)(H,40,41)(H,44,45,46);;;;;/q;5*+1/p-5/b29-20-;;;;;. The third kappa shape index (κ3) is 16.5. The van der Waals surface area contributed by atoms with E-state index in [0.29, 0.717) is 0 Å². The number of allylic oxidation sites excluding steroid dienone is 4. The van der Waals surface area contributed by atoms with E-state index in [9.17, 15) is 62.5 Å². The molecule has 0 heterocycles. The number of phenols is 1. The number of carbonyl (C=O) groups is 5. The second kappa shape index (κ2) is 25.2. The van der Waals surface area contributed by atoms with Gasteiger partial charge in [-0.05, 0) is 72.0 Å². The molecule has 0 saturated heterocycles. The molecule has 0 bridgehead atoms. The predicted molar refractivity (Wildman–Crippen MR) is 152 cm³/mol. The molecule has 1 aliphatic carbocycles. The third-order valence-corrected chi connectivity index (χ3v) is 7.83. The van der Waals surface area contributed by atoms with Crippen LogP contribution >= 0.6 is 0 Å². The van der Waals surface area contributed by atoms with Crippen LogP contribution in [0, 0.1) is 6.92 Å². The molecule has 250 valence electrons. The number of carboxylic acid groups (broad SMARTS) is 4. The van der Waals surface area contributed by atoms with Crippen molar-refractivity contribution < 1.29 is 210 Å². The number of benzene rings is 2. The molecule has 1 aliphatic rings. The summed E-state index contributed by atoms with van der Waals surface area (Å²) in [4.78, 5) is 59.3. The van der Waals surface area contributed by atoms with Crippen LogP contribution < -0.4 is 168 Å². The summed E-state index contributed by atoms with van der Waals surface area (Å²) >= 11 is 0. The molecule has 21 heteroatoms. The summed E-state index contributed by atoms with van der Waals surface area (Å²) in [6.45, 7) is -1.57. The summed E-state index contributed by atoms with van der Waals surface area (Å²) in [6.07, 6.45) is 2.62. The van der Waals surface area contributed by atoms with Crippen LogP contribution in [-0.2, 0) is 40.6 Å². The van der Waals surface area contributed by atoms with E-state index >= 15 is 0 Å². The maximum Gasteiger partial charge on any atom is 1.00 e. The molecule has 0 aliphatic heterocycles. The molecule has 2 aromatic rings. The van der Waals surface area contributed by atoms with Crippen LogP contribution in [0.5, 0.6) is 5.75 Å². The van der Waals surface area contributed by atoms with Crippen LogP contribution in [0.25, 0.3) is 5.57 Å². The summed E-state index contributed by atoms with van der Waals surface area (Å²) in [7, 11) is -5.13. The Morgan fingerprint density at radius 3 is 1.65 bits per heavy atom. The van der Waals surface area contributed by atoms with E-state index < -0.39 is 83.9 Å². The predicted octanol–water partition coefficient (Wildman–Crippen LogP) is -19.0. The second-order valence-electron chi connectivity index (χ2n) is 10.7. The van der Waals surface area contributed by atoms with Crippen molar-refractivity contribution >= 4 is 45.4 Å². The molecule has 0 aromatic heterocycles. The number of aromatic hydroxyl groups is 1. The average molecular weight is 783 g/mol. The van der Waals surface area contributed by atoms with Crippen LogP contribution in [0.1, 0.15) is 29.2 Å². The first-order chi connectivity index (χ1) is 21.9. The Morgan fingerprint density at radius 2 is 1.19 bits per heavy atom. The Hall–Kier alpha value is -0.160. The second-order valence-corrected chi connectivity index (χ2v) is 12.0. The average Bonchev–Trinajstić information content (AvgIpc) is 2.92. The normalized spacial score (nSPS) is 13.1. The smallest absolute Gasteiger partial charge is 0.744 e. The van der Waals surface area contributed by atoms with Gasteiger partial charge < -0.3 is 49.3 Å². The van der Waals surface area contributed by atoms with Gasteiger partial charge in [0.25, 0.3) is 0 Å². The maximum atomic E-state index is 13.1. The number of phenolic OH excluding ortho intramolecular Hbond substituents is 1. The van der Waals surface area contributed by atoms with E-state index in [1.165, 1.54) is 56.3 Å². The Balaban J connectivity index is -0.00000480. The molecule has 52 heavy (non-hydrogen) atoms. The zero-order valence-corrected chi connectivity index (χ0v) is 40.8. The molecule has 0 atom stereocenters. The minimum absolute atomic E-state index is 0. The van der Waals surface area contributed by atoms with Gasteiger partial charge in [0.2, 0.25) is 0 Å². The van der Waals surface area contributed by atoms with E-state index in [4.69, 9.17) is 0 Å². The van der Waals surface area contributed by atoms with Crippen molar-refractivity contribution in [3.05, 3.63) is 87.5 Å². The molecule has 0 unspecified atom stereocenters. The van der Waals surface area contributed by atoms with E-state index in [2.05, 4.69) is 0 Å². The molecule has 0 fully saturated rings. The van der Waals surface area contributed by atoms with Crippen LogP contribution in [0.2, 0.25) is 0 Å². The van der Waals surface area contributed by atoms with Crippen molar-refractivity contribution in [3.63, 3.8) is 0 Å². The molecule has 0 amide bonds. The number of carboxylic acids is 4. The van der Waals surface area contributed by atoms with Crippen LogP contribution in [0.3, 0.4) is 0 Å². The summed E-state index contributed by atoms with van der Waals surface area (Å²) in [5, 5.41) is 55.9. The maximum absolute atomic E-state index is 13.1. The topological polar surface area (TPSA) is 262 Å². The van der Waals surface area contributed by atoms with Gasteiger partial charge >= 0.3 is 148 Å². The number of nitrogens with zero attached hydrogens (tertiary/aromatic N) is 2. The first-order valence-corrected chi connectivity index (χ1v) is 15.1. The molecule has 0 spiro atoms. The molecule has 2 aromatic carbocycles. The molecular weight excluding hydrogens is 755 g/mol. The van der Waals surface area contributed by atoms with Gasteiger partial charge in [0.15, 0.2) is 5.78 Å². The van der Waals surface area contributed by atoms with Crippen molar-refractivity contribution in [2.45, 2.75) is 25.3 Å². The van der Waals surface area contributed by atoms with Crippen molar-refractivity contribution in [1.82, 2.24) is 9.80 Å².